The van der Waals surface area contributed by atoms with E-state index in [1.54, 1.807) is 18.4 Å². The van der Waals surface area contributed by atoms with Crippen LogP contribution in [0.3, 0.4) is 0 Å². The third kappa shape index (κ3) is 4.37. The molecule has 27 heavy (non-hydrogen) atoms. The number of nitrogens with zero attached hydrogens (tertiary/aromatic N) is 1. The number of halogens is 2. The van der Waals surface area contributed by atoms with E-state index in [4.69, 9.17) is 9.15 Å². The van der Waals surface area contributed by atoms with Crippen LogP contribution in [0.1, 0.15) is 23.2 Å². The van der Waals surface area contributed by atoms with Gasteiger partial charge in [0.05, 0.1) is 5.69 Å². The molecule has 0 fully saturated rings. The van der Waals surface area contributed by atoms with Crippen LogP contribution in [0.4, 0.5) is 13.9 Å². The zero-order valence-corrected chi connectivity index (χ0v) is 15.1. The van der Waals surface area contributed by atoms with Crippen molar-refractivity contribution in [3.63, 3.8) is 0 Å². The van der Waals surface area contributed by atoms with E-state index >= 15 is 0 Å². The Morgan fingerprint density at radius 1 is 1.22 bits per heavy atom. The number of esters is 1. The molecule has 3 rings (SSSR count). The third-order valence-corrected chi connectivity index (χ3v) is 4.30. The molecule has 140 valence electrons. The summed E-state index contributed by atoms with van der Waals surface area (Å²) in [4.78, 5) is 28.2. The van der Waals surface area contributed by atoms with E-state index in [1.165, 1.54) is 19.1 Å². The molecular formula is C18H14F2N2O4S. The predicted molar refractivity (Wildman–Crippen MR) is 94.4 cm³/mol. The van der Waals surface area contributed by atoms with E-state index < -0.39 is 29.6 Å². The van der Waals surface area contributed by atoms with Gasteiger partial charge in [-0.25, -0.2) is 18.6 Å². The summed E-state index contributed by atoms with van der Waals surface area (Å²) >= 11 is 1.10. The molecule has 1 N–H and O–H groups in total. The number of anilines is 1. The van der Waals surface area contributed by atoms with Crippen LogP contribution in [-0.4, -0.2) is 23.0 Å². The van der Waals surface area contributed by atoms with Gasteiger partial charge in [-0.05, 0) is 44.2 Å². The second-order valence-corrected chi connectivity index (χ2v) is 6.47. The second-order valence-electron chi connectivity index (χ2n) is 5.61. The van der Waals surface area contributed by atoms with E-state index in [9.17, 15) is 18.4 Å². The van der Waals surface area contributed by atoms with Crippen LogP contribution in [0, 0.1) is 18.6 Å². The molecule has 0 spiro atoms. The zero-order valence-electron chi connectivity index (χ0n) is 14.3. The Balaban J connectivity index is 1.63. The van der Waals surface area contributed by atoms with Gasteiger partial charge in [0.15, 0.2) is 22.9 Å². The standard InChI is InChI=1S/C18H14F2N2O4S/c1-9-3-6-15(25-9)17(24)26-10(2)16(23)22-18-21-14(8-27-18)11-4-5-12(19)13(20)7-11/h3-8,10H,1-2H3,(H,21,22,23). The van der Waals surface area contributed by atoms with Crippen molar-refractivity contribution in [3.8, 4) is 11.3 Å². The maximum absolute atomic E-state index is 13.3. The Morgan fingerprint density at radius 2 is 2.00 bits per heavy atom. The molecule has 2 aromatic heterocycles. The molecule has 0 aliphatic rings. The number of hydrogen-bond acceptors (Lipinski definition) is 6. The summed E-state index contributed by atoms with van der Waals surface area (Å²) in [7, 11) is 0. The van der Waals surface area contributed by atoms with Crippen molar-refractivity contribution in [1.29, 1.82) is 0 Å². The molecule has 1 unspecified atom stereocenters. The molecule has 3 aromatic rings. The van der Waals surface area contributed by atoms with Crippen LogP contribution in [0.25, 0.3) is 11.3 Å². The van der Waals surface area contributed by atoms with Gasteiger partial charge in [0.1, 0.15) is 5.76 Å². The molecule has 0 aliphatic heterocycles. The Morgan fingerprint density at radius 3 is 2.67 bits per heavy atom. The Kier molecular flexibility index (Phi) is 5.31. The molecule has 0 bridgehead atoms. The van der Waals surface area contributed by atoms with Crippen molar-refractivity contribution in [2.24, 2.45) is 0 Å². The monoisotopic (exact) mass is 392 g/mol. The van der Waals surface area contributed by atoms with Crippen molar-refractivity contribution in [3.05, 3.63) is 58.9 Å². The number of hydrogen-bond donors (Lipinski definition) is 1. The zero-order chi connectivity index (χ0) is 19.6. The fraction of sp³-hybridized carbons (Fsp3) is 0.167. The highest BCUT2D eigenvalue weighted by Crippen LogP contribution is 2.26. The SMILES string of the molecule is Cc1ccc(C(=O)OC(C)C(=O)Nc2nc(-c3ccc(F)c(F)c3)cs2)o1. The topological polar surface area (TPSA) is 81.4 Å². The lowest BCUT2D eigenvalue weighted by Gasteiger charge is -2.11. The van der Waals surface area contributed by atoms with Gasteiger partial charge in [-0.2, -0.15) is 0 Å². The number of furan rings is 1. The second kappa shape index (κ2) is 7.67. The first kappa shape index (κ1) is 18.7. The molecule has 9 heteroatoms. The summed E-state index contributed by atoms with van der Waals surface area (Å²) in [5, 5.41) is 4.33. The van der Waals surface area contributed by atoms with Crippen LogP contribution in [-0.2, 0) is 9.53 Å². The molecule has 0 saturated heterocycles. The van der Waals surface area contributed by atoms with Gasteiger partial charge in [0.25, 0.3) is 5.91 Å². The lowest BCUT2D eigenvalue weighted by molar-refractivity contribution is -0.123. The van der Waals surface area contributed by atoms with E-state index in [0.717, 1.165) is 23.5 Å². The first-order valence-electron chi connectivity index (χ1n) is 7.82. The van der Waals surface area contributed by atoms with E-state index in [-0.39, 0.29) is 10.9 Å². The number of aryl methyl sites for hydroxylation is 1. The van der Waals surface area contributed by atoms with Gasteiger partial charge in [-0.3, -0.25) is 10.1 Å². The number of nitrogens with one attached hydrogen (secondary N) is 1. The molecule has 2 heterocycles. The highest BCUT2D eigenvalue weighted by molar-refractivity contribution is 7.14. The van der Waals surface area contributed by atoms with Crippen molar-refractivity contribution in [1.82, 2.24) is 4.98 Å². The summed E-state index contributed by atoms with van der Waals surface area (Å²) in [6, 6.07) is 6.47. The lowest BCUT2D eigenvalue weighted by Crippen LogP contribution is -2.29. The average Bonchev–Trinajstić information content (AvgIpc) is 3.26. The quantitative estimate of drug-likeness (QED) is 0.659. The molecular weight excluding hydrogens is 378 g/mol. The summed E-state index contributed by atoms with van der Waals surface area (Å²) in [6.07, 6.45) is -1.08. The minimum atomic E-state index is -1.08. The first-order chi connectivity index (χ1) is 12.8. The maximum atomic E-state index is 13.3. The third-order valence-electron chi connectivity index (χ3n) is 3.54. The number of rotatable bonds is 5. The van der Waals surface area contributed by atoms with Crippen LogP contribution >= 0.6 is 11.3 Å². The minimum Gasteiger partial charge on any atom is -0.454 e. The normalized spacial score (nSPS) is 11.9. The molecule has 6 nitrogen and oxygen atoms in total. The fourth-order valence-electron chi connectivity index (χ4n) is 2.14. The van der Waals surface area contributed by atoms with Crippen LogP contribution in [0.5, 0.6) is 0 Å². The van der Waals surface area contributed by atoms with Gasteiger partial charge in [-0.15, -0.1) is 11.3 Å². The van der Waals surface area contributed by atoms with Crippen LogP contribution in [0.15, 0.2) is 40.1 Å². The Hall–Kier alpha value is -3.07. The van der Waals surface area contributed by atoms with E-state index in [2.05, 4.69) is 10.3 Å². The molecule has 0 aliphatic carbocycles. The number of thiazole rings is 1. The molecule has 1 atom stereocenters. The molecule has 0 saturated carbocycles. The van der Waals surface area contributed by atoms with E-state index in [0.29, 0.717) is 17.0 Å². The number of ether oxygens (including phenoxy) is 1. The van der Waals surface area contributed by atoms with Gasteiger partial charge in [-0.1, -0.05) is 0 Å². The van der Waals surface area contributed by atoms with Gasteiger partial charge < -0.3 is 9.15 Å². The maximum Gasteiger partial charge on any atom is 0.375 e. The van der Waals surface area contributed by atoms with E-state index in [1.807, 2.05) is 0 Å². The number of carbonyl (C=O) groups excluding carboxylic acids is 2. The Labute approximate surface area is 156 Å². The first-order valence-corrected chi connectivity index (χ1v) is 8.70. The minimum absolute atomic E-state index is 0.00187. The predicted octanol–water partition coefficient (Wildman–Crippen LogP) is 4.17. The smallest absolute Gasteiger partial charge is 0.375 e. The van der Waals surface area contributed by atoms with Crippen molar-refractivity contribution >= 4 is 28.3 Å². The summed E-state index contributed by atoms with van der Waals surface area (Å²) < 4.78 is 36.5. The lowest BCUT2D eigenvalue weighted by atomic mass is 10.2. The summed E-state index contributed by atoms with van der Waals surface area (Å²) in [5.41, 5.74) is 0.753. The summed E-state index contributed by atoms with van der Waals surface area (Å²) in [5.74, 6) is -2.73. The average molecular weight is 392 g/mol. The number of aromatic nitrogens is 1. The highest BCUT2D eigenvalue weighted by Gasteiger charge is 2.22. The largest absolute Gasteiger partial charge is 0.454 e. The van der Waals surface area contributed by atoms with Crippen molar-refractivity contribution in [2.45, 2.75) is 20.0 Å². The molecule has 0 radical (unpaired) electrons. The van der Waals surface area contributed by atoms with Crippen LogP contribution in [0.2, 0.25) is 0 Å². The molecule has 1 amide bonds. The van der Waals surface area contributed by atoms with Crippen molar-refractivity contribution in [2.75, 3.05) is 5.32 Å². The highest BCUT2D eigenvalue weighted by atomic mass is 32.1. The summed E-state index contributed by atoms with van der Waals surface area (Å²) in [6.45, 7) is 3.09. The fourth-order valence-corrected chi connectivity index (χ4v) is 2.87. The Bertz CT molecular complexity index is 999. The van der Waals surface area contributed by atoms with Crippen LogP contribution < -0.4 is 5.32 Å². The van der Waals surface area contributed by atoms with Gasteiger partial charge in [0, 0.05) is 10.9 Å². The van der Waals surface area contributed by atoms with Crippen molar-refractivity contribution < 1.29 is 27.5 Å². The number of amides is 1. The van der Waals surface area contributed by atoms with Gasteiger partial charge in [0.2, 0.25) is 5.76 Å². The number of carbonyl (C=O) groups is 2. The van der Waals surface area contributed by atoms with Gasteiger partial charge >= 0.3 is 5.97 Å². The molecule has 1 aromatic carbocycles. The number of benzene rings is 1.